The smallest absolute Gasteiger partial charge is 0.223 e. The highest BCUT2D eigenvalue weighted by atomic mass is 15.1. The van der Waals surface area contributed by atoms with E-state index in [1.807, 2.05) is 44.6 Å². The number of rotatable bonds is 3. The van der Waals surface area contributed by atoms with Gasteiger partial charge in [0, 0.05) is 36.1 Å². The Bertz CT molecular complexity index is 747. The second-order valence-corrected chi connectivity index (χ2v) is 4.66. The van der Waals surface area contributed by atoms with Gasteiger partial charge in [-0.05, 0) is 24.8 Å². The summed E-state index contributed by atoms with van der Waals surface area (Å²) in [6, 6.07) is 8.21. The number of hydrogen-bond acceptors (Lipinski definition) is 4. The molecule has 0 atom stereocenters. The molecule has 0 aliphatic rings. The van der Waals surface area contributed by atoms with E-state index in [4.69, 9.17) is 0 Å². The van der Waals surface area contributed by atoms with Crippen LogP contribution in [0.1, 0.15) is 12.5 Å². The summed E-state index contributed by atoms with van der Waals surface area (Å²) in [6.07, 6.45) is 5.59. The van der Waals surface area contributed by atoms with Crippen molar-refractivity contribution in [2.45, 2.75) is 13.8 Å². The average Bonchev–Trinajstić information content (AvgIpc) is 2.49. The van der Waals surface area contributed by atoms with Crippen molar-refractivity contribution in [1.29, 1.82) is 0 Å². The van der Waals surface area contributed by atoms with Crippen LogP contribution >= 0.6 is 0 Å². The molecule has 0 unspecified atom stereocenters. The highest BCUT2D eigenvalue weighted by Gasteiger charge is 2.10. The van der Waals surface area contributed by atoms with E-state index in [1.165, 1.54) is 0 Å². The van der Waals surface area contributed by atoms with Gasteiger partial charge in [0.25, 0.3) is 0 Å². The van der Waals surface area contributed by atoms with Crippen molar-refractivity contribution < 1.29 is 0 Å². The summed E-state index contributed by atoms with van der Waals surface area (Å²) in [5.74, 6) is 0.654. The minimum absolute atomic E-state index is 0.654. The summed E-state index contributed by atoms with van der Waals surface area (Å²) in [5.41, 5.74) is 3.02. The van der Waals surface area contributed by atoms with E-state index in [0.717, 1.165) is 34.1 Å². The number of pyridine rings is 1. The molecule has 0 saturated heterocycles. The zero-order valence-corrected chi connectivity index (χ0v) is 11.6. The summed E-state index contributed by atoms with van der Waals surface area (Å²) in [7, 11) is 0. The maximum Gasteiger partial charge on any atom is 0.223 e. The average molecular weight is 264 g/mol. The van der Waals surface area contributed by atoms with Gasteiger partial charge in [-0.15, -0.1) is 0 Å². The van der Waals surface area contributed by atoms with Crippen molar-refractivity contribution in [2.75, 3.05) is 11.9 Å². The maximum absolute atomic E-state index is 4.62. The number of fused-ring (bicyclic) bond motifs is 1. The molecule has 0 fully saturated rings. The molecule has 2 aromatic heterocycles. The minimum atomic E-state index is 0.654. The Morgan fingerprint density at radius 2 is 1.95 bits per heavy atom. The molecule has 20 heavy (non-hydrogen) atoms. The lowest BCUT2D eigenvalue weighted by atomic mass is 10.0. The Morgan fingerprint density at radius 1 is 1.10 bits per heavy atom. The molecular weight excluding hydrogens is 248 g/mol. The van der Waals surface area contributed by atoms with Gasteiger partial charge in [0.15, 0.2) is 0 Å². The molecule has 0 amide bonds. The molecule has 3 aromatic rings. The SMILES string of the molecule is CCNc1ncc(C)c(-c2cncc3ccccc23)n1. The lowest BCUT2D eigenvalue weighted by Crippen LogP contribution is -2.03. The Morgan fingerprint density at radius 3 is 2.80 bits per heavy atom. The van der Waals surface area contributed by atoms with E-state index in [1.54, 1.807) is 0 Å². The number of hydrogen-bond donors (Lipinski definition) is 1. The third kappa shape index (κ3) is 2.20. The summed E-state index contributed by atoms with van der Waals surface area (Å²) in [4.78, 5) is 13.2. The third-order valence-electron chi connectivity index (χ3n) is 3.23. The van der Waals surface area contributed by atoms with Gasteiger partial charge in [0.05, 0.1) is 5.69 Å². The van der Waals surface area contributed by atoms with Crippen molar-refractivity contribution in [3.8, 4) is 11.3 Å². The fourth-order valence-corrected chi connectivity index (χ4v) is 2.26. The molecule has 4 heteroatoms. The Labute approximate surface area is 117 Å². The van der Waals surface area contributed by atoms with Crippen LogP contribution in [-0.2, 0) is 0 Å². The van der Waals surface area contributed by atoms with Crippen LogP contribution in [0, 0.1) is 6.92 Å². The van der Waals surface area contributed by atoms with Crippen LogP contribution in [0.25, 0.3) is 22.0 Å². The van der Waals surface area contributed by atoms with Crippen LogP contribution in [0.15, 0.2) is 42.9 Å². The first-order valence-electron chi connectivity index (χ1n) is 6.70. The number of aryl methyl sites for hydroxylation is 1. The second kappa shape index (κ2) is 5.25. The number of nitrogens with one attached hydrogen (secondary N) is 1. The molecule has 100 valence electrons. The molecule has 0 aliphatic carbocycles. The Kier molecular flexibility index (Phi) is 3.29. The molecule has 0 saturated carbocycles. The number of aromatic nitrogens is 3. The maximum atomic E-state index is 4.62. The van der Waals surface area contributed by atoms with Crippen LogP contribution in [0.4, 0.5) is 5.95 Å². The molecule has 1 N–H and O–H groups in total. The molecule has 3 rings (SSSR count). The van der Waals surface area contributed by atoms with Crippen molar-refractivity contribution in [2.24, 2.45) is 0 Å². The van der Waals surface area contributed by atoms with Gasteiger partial charge in [0.2, 0.25) is 5.95 Å². The topological polar surface area (TPSA) is 50.7 Å². The van der Waals surface area contributed by atoms with Gasteiger partial charge in [-0.25, -0.2) is 9.97 Å². The predicted molar refractivity (Wildman–Crippen MR) is 81.7 cm³/mol. The zero-order valence-electron chi connectivity index (χ0n) is 11.6. The van der Waals surface area contributed by atoms with Gasteiger partial charge in [-0.1, -0.05) is 24.3 Å². The highest BCUT2D eigenvalue weighted by molar-refractivity contribution is 5.95. The van der Waals surface area contributed by atoms with Gasteiger partial charge >= 0.3 is 0 Å². The first kappa shape index (κ1) is 12.5. The Hall–Kier alpha value is -2.49. The van der Waals surface area contributed by atoms with Crippen LogP contribution in [0.2, 0.25) is 0 Å². The highest BCUT2D eigenvalue weighted by Crippen LogP contribution is 2.28. The summed E-state index contributed by atoms with van der Waals surface area (Å²) >= 11 is 0. The molecule has 0 bridgehead atoms. The van der Waals surface area contributed by atoms with Gasteiger partial charge < -0.3 is 5.32 Å². The van der Waals surface area contributed by atoms with E-state index in [-0.39, 0.29) is 0 Å². The molecule has 0 radical (unpaired) electrons. The van der Waals surface area contributed by atoms with Crippen LogP contribution in [0.5, 0.6) is 0 Å². The van der Waals surface area contributed by atoms with E-state index >= 15 is 0 Å². The fourth-order valence-electron chi connectivity index (χ4n) is 2.26. The van der Waals surface area contributed by atoms with Gasteiger partial charge in [-0.3, -0.25) is 4.98 Å². The summed E-state index contributed by atoms with van der Waals surface area (Å²) in [5, 5.41) is 5.43. The first-order valence-corrected chi connectivity index (χ1v) is 6.70. The molecule has 4 nitrogen and oxygen atoms in total. The molecular formula is C16H16N4. The van der Waals surface area contributed by atoms with E-state index in [0.29, 0.717) is 5.95 Å². The van der Waals surface area contributed by atoms with Crippen molar-refractivity contribution >= 4 is 16.7 Å². The molecule has 0 spiro atoms. The monoisotopic (exact) mass is 264 g/mol. The normalized spacial score (nSPS) is 10.7. The lowest BCUT2D eigenvalue weighted by Gasteiger charge is -2.10. The third-order valence-corrected chi connectivity index (χ3v) is 3.23. The Balaban J connectivity index is 2.22. The van der Waals surface area contributed by atoms with Gasteiger partial charge in [-0.2, -0.15) is 0 Å². The van der Waals surface area contributed by atoms with E-state index in [9.17, 15) is 0 Å². The number of nitrogens with zero attached hydrogens (tertiary/aromatic N) is 3. The minimum Gasteiger partial charge on any atom is -0.354 e. The predicted octanol–water partition coefficient (Wildman–Crippen LogP) is 3.43. The van der Waals surface area contributed by atoms with Crippen LogP contribution in [-0.4, -0.2) is 21.5 Å². The zero-order chi connectivity index (χ0) is 13.9. The van der Waals surface area contributed by atoms with Gasteiger partial charge in [0.1, 0.15) is 0 Å². The van der Waals surface area contributed by atoms with Crippen molar-refractivity contribution in [3.05, 3.63) is 48.4 Å². The summed E-state index contributed by atoms with van der Waals surface area (Å²) < 4.78 is 0. The number of benzene rings is 1. The van der Waals surface area contributed by atoms with Crippen molar-refractivity contribution in [1.82, 2.24) is 15.0 Å². The van der Waals surface area contributed by atoms with Crippen molar-refractivity contribution in [3.63, 3.8) is 0 Å². The standard InChI is InChI=1S/C16H16N4/c1-3-18-16-19-8-11(2)15(20-16)14-10-17-9-12-6-4-5-7-13(12)14/h4-10H,3H2,1-2H3,(H,18,19,20). The quantitative estimate of drug-likeness (QED) is 0.787. The molecule has 0 aliphatic heterocycles. The molecule has 1 aromatic carbocycles. The first-order chi connectivity index (χ1) is 9.79. The fraction of sp³-hybridized carbons (Fsp3) is 0.188. The van der Waals surface area contributed by atoms with E-state index in [2.05, 4.69) is 32.4 Å². The van der Waals surface area contributed by atoms with Crippen LogP contribution in [0.3, 0.4) is 0 Å². The largest absolute Gasteiger partial charge is 0.354 e. The van der Waals surface area contributed by atoms with E-state index < -0.39 is 0 Å². The lowest BCUT2D eigenvalue weighted by molar-refractivity contribution is 1.07. The van der Waals surface area contributed by atoms with Crippen LogP contribution < -0.4 is 5.32 Å². The number of anilines is 1. The molecule has 2 heterocycles. The summed E-state index contributed by atoms with van der Waals surface area (Å²) in [6.45, 7) is 4.85. The second-order valence-electron chi connectivity index (χ2n) is 4.66.